The van der Waals surface area contributed by atoms with Gasteiger partial charge in [-0.2, -0.15) is 0 Å². The molecule has 0 unspecified atom stereocenters. The molecule has 0 aliphatic rings. The minimum atomic E-state index is -0.797. The maximum atomic E-state index is 13.7. The second-order valence-corrected chi connectivity index (χ2v) is 9.50. The van der Waals surface area contributed by atoms with Gasteiger partial charge >= 0.3 is 0 Å². The van der Waals surface area contributed by atoms with E-state index in [0.717, 1.165) is 15.6 Å². The molecule has 0 saturated carbocycles. The number of nitro benzene ring substituents is 1. The highest BCUT2D eigenvalue weighted by Gasteiger charge is 2.31. The molecular weight excluding hydrogens is 510 g/mol. The highest BCUT2D eigenvalue weighted by atomic mass is 79.9. The number of benzene rings is 3. The van der Waals surface area contributed by atoms with E-state index < -0.39 is 11.0 Å². The SMILES string of the molecule is CC(C)NC(=O)[C@H](Cc1ccccc1)N(Cc1cccc(Br)c1)C(=O)Cc1ccccc1[N+](=O)[O-]. The highest BCUT2D eigenvalue weighted by molar-refractivity contribution is 9.10. The lowest BCUT2D eigenvalue weighted by Gasteiger charge is -2.32. The third kappa shape index (κ3) is 7.48. The largest absolute Gasteiger partial charge is 0.352 e. The monoisotopic (exact) mass is 537 g/mol. The Morgan fingerprint density at radius 2 is 1.63 bits per heavy atom. The summed E-state index contributed by atoms with van der Waals surface area (Å²) in [6, 6.07) is 22.3. The maximum absolute atomic E-state index is 13.7. The molecule has 0 aromatic heterocycles. The number of para-hydroxylation sites is 1. The Labute approximate surface area is 213 Å². The van der Waals surface area contributed by atoms with Gasteiger partial charge in [-0.05, 0) is 37.1 Å². The third-order valence-corrected chi connectivity index (χ3v) is 5.97. The molecule has 0 radical (unpaired) electrons. The summed E-state index contributed by atoms with van der Waals surface area (Å²) in [6.45, 7) is 3.92. The van der Waals surface area contributed by atoms with Gasteiger partial charge < -0.3 is 10.2 Å². The smallest absolute Gasteiger partial charge is 0.273 e. The van der Waals surface area contributed by atoms with E-state index in [4.69, 9.17) is 0 Å². The highest BCUT2D eigenvalue weighted by Crippen LogP contribution is 2.22. The number of nitrogens with zero attached hydrogens (tertiary/aromatic N) is 2. The van der Waals surface area contributed by atoms with E-state index in [1.807, 2.05) is 68.4 Å². The average Bonchev–Trinajstić information content (AvgIpc) is 2.81. The van der Waals surface area contributed by atoms with Gasteiger partial charge in [0.25, 0.3) is 5.69 Å². The number of hydrogen-bond acceptors (Lipinski definition) is 4. The van der Waals surface area contributed by atoms with Gasteiger partial charge in [0.2, 0.25) is 11.8 Å². The molecule has 0 spiro atoms. The Balaban J connectivity index is 2.01. The quantitative estimate of drug-likeness (QED) is 0.288. The van der Waals surface area contributed by atoms with Crippen molar-refractivity contribution in [3.8, 4) is 0 Å². The van der Waals surface area contributed by atoms with Gasteiger partial charge in [0, 0.05) is 35.1 Å². The molecule has 1 atom stereocenters. The van der Waals surface area contributed by atoms with Crippen molar-refractivity contribution in [2.24, 2.45) is 0 Å². The lowest BCUT2D eigenvalue weighted by molar-refractivity contribution is -0.385. The second kappa shape index (κ2) is 12.3. The predicted octanol–water partition coefficient (Wildman–Crippen LogP) is 5.06. The molecule has 0 saturated heterocycles. The first-order valence-corrected chi connectivity index (χ1v) is 12.1. The number of amides is 2. The van der Waals surface area contributed by atoms with Crippen molar-refractivity contribution in [3.63, 3.8) is 0 Å². The van der Waals surface area contributed by atoms with Crippen LogP contribution in [0.3, 0.4) is 0 Å². The molecule has 3 aromatic carbocycles. The molecule has 0 heterocycles. The maximum Gasteiger partial charge on any atom is 0.273 e. The fourth-order valence-corrected chi connectivity index (χ4v) is 4.32. The fraction of sp³-hybridized carbons (Fsp3) is 0.259. The summed E-state index contributed by atoms with van der Waals surface area (Å²) in [5, 5.41) is 14.5. The van der Waals surface area contributed by atoms with Crippen LogP contribution in [-0.2, 0) is 29.0 Å². The first-order chi connectivity index (χ1) is 16.7. The van der Waals surface area contributed by atoms with Gasteiger partial charge in [-0.3, -0.25) is 19.7 Å². The number of carbonyl (C=O) groups is 2. The molecule has 182 valence electrons. The van der Waals surface area contributed by atoms with Crippen molar-refractivity contribution in [2.45, 2.75) is 45.3 Å². The minimum Gasteiger partial charge on any atom is -0.352 e. The Morgan fingerprint density at radius 1 is 0.971 bits per heavy atom. The first-order valence-electron chi connectivity index (χ1n) is 11.3. The summed E-state index contributed by atoms with van der Waals surface area (Å²) >= 11 is 3.46. The van der Waals surface area contributed by atoms with Gasteiger partial charge in [0.1, 0.15) is 6.04 Å². The van der Waals surface area contributed by atoms with Crippen molar-refractivity contribution < 1.29 is 14.5 Å². The summed E-state index contributed by atoms with van der Waals surface area (Å²) in [6.07, 6.45) is 0.126. The van der Waals surface area contributed by atoms with Gasteiger partial charge in [-0.1, -0.05) is 76.6 Å². The van der Waals surface area contributed by atoms with Crippen LogP contribution < -0.4 is 5.32 Å². The van der Waals surface area contributed by atoms with Crippen LogP contribution in [0.2, 0.25) is 0 Å². The van der Waals surface area contributed by atoms with E-state index in [2.05, 4.69) is 21.2 Å². The van der Waals surface area contributed by atoms with Gasteiger partial charge in [0.05, 0.1) is 11.3 Å². The Bertz CT molecular complexity index is 1180. The molecule has 0 aliphatic heterocycles. The van der Waals surface area contributed by atoms with E-state index in [1.165, 1.54) is 11.0 Å². The molecule has 0 fully saturated rings. The normalized spacial score (nSPS) is 11.7. The molecule has 0 aliphatic carbocycles. The van der Waals surface area contributed by atoms with Crippen LogP contribution >= 0.6 is 15.9 Å². The summed E-state index contributed by atoms with van der Waals surface area (Å²) in [5.41, 5.74) is 1.94. The van der Waals surface area contributed by atoms with Crippen LogP contribution in [0.15, 0.2) is 83.3 Å². The van der Waals surface area contributed by atoms with Crippen LogP contribution in [-0.4, -0.2) is 33.7 Å². The summed E-state index contributed by atoms with van der Waals surface area (Å²) in [4.78, 5) is 39.6. The predicted molar refractivity (Wildman–Crippen MR) is 139 cm³/mol. The van der Waals surface area contributed by atoms with Gasteiger partial charge in [-0.15, -0.1) is 0 Å². The lowest BCUT2D eigenvalue weighted by atomic mass is 10.0. The van der Waals surface area contributed by atoms with E-state index in [1.54, 1.807) is 18.2 Å². The van der Waals surface area contributed by atoms with Crippen LogP contribution in [0.25, 0.3) is 0 Å². The third-order valence-electron chi connectivity index (χ3n) is 5.47. The molecule has 7 nitrogen and oxygen atoms in total. The van der Waals surface area contributed by atoms with Crippen molar-refractivity contribution in [1.82, 2.24) is 10.2 Å². The topological polar surface area (TPSA) is 92.6 Å². The van der Waals surface area contributed by atoms with Crippen molar-refractivity contribution in [2.75, 3.05) is 0 Å². The first kappa shape index (κ1) is 26.1. The standard InChI is InChI=1S/C27H28BrN3O4/c1-19(2)29-27(33)25(16-20-9-4-3-5-10-20)30(18-21-11-8-13-23(28)15-21)26(32)17-22-12-6-7-14-24(22)31(34)35/h3-15,19,25H,16-18H2,1-2H3,(H,29,33)/t25-/m0/s1. The molecule has 1 N–H and O–H groups in total. The Hall–Kier alpha value is -3.52. The van der Waals surface area contributed by atoms with Crippen molar-refractivity contribution in [1.29, 1.82) is 0 Å². The molecule has 0 bridgehead atoms. The van der Waals surface area contributed by atoms with Gasteiger partial charge in [0.15, 0.2) is 0 Å². The summed E-state index contributed by atoms with van der Waals surface area (Å²) < 4.78 is 0.854. The molecule has 3 rings (SSSR count). The van der Waals surface area contributed by atoms with E-state index in [0.29, 0.717) is 12.0 Å². The van der Waals surface area contributed by atoms with Crippen LogP contribution in [0, 0.1) is 10.1 Å². The van der Waals surface area contributed by atoms with Crippen LogP contribution in [0.5, 0.6) is 0 Å². The Kier molecular flexibility index (Phi) is 9.14. The van der Waals surface area contributed by atoms with Crippen LogP contribution in [0.4, 0.5) is 5.69 Å². The number of nitro groups is 1. The number of halogens is 1. The minimum absolute atomic E-state index is 0.112. The summed E-state index contributed by atoms with van der Waals surface area (Å²) in [5.74, 6) is -0.631. The molecule has 35 heavy (non-hydrogen) atoms. The number of hydrogen-bond donors (Lipinski definition) is 1. The second-order valence-electron chi connectivity index (χ2n) is 8.58. The van der Waals surface area contributed by atoms with E-state index in [9.17, 15) is 19.7 Å². The number of carbonyl (C=O) groups excluding carboxylic acids is 2. The van der Waals surface area contributed by atoms with Crippen molar-refractivity contribution >= 4 is 33.4 Å². The molecule has 8 heteroatoms. The molecule has 2 amide bonds. The zero-order valence-electron chi connectivity index (χ0n) is 19.7. The average molecular weight is 538 g/mol. The fourth-order valence-electron chi connectivity index (χ4n) is 3.87. The van der Waals surface area contributed by atoms with Crippen molar-refractivity contribution in [3.05, 3.63) is 110 Å². The van der Waals surface area contributed by atoms with Gasteiger partial charge in [-0.25, -0.2) is 0 Å². The zero-order chi connectivity index (χ0) is 25.4. The number of rotatable bonds is 10. The lowest BCUT2D eigenvalue weighted by Crippen LogP contribution is -2.52. The Morgan fingerprint density at radius 3 is 2.29 bits per heavy atom. The van der Waals surface area contributed by atoms with Crippen LogP contribution in [0.1, 0.15) is 30.5 Å². The van der Waals surface area contributed by atoms with E-state index >= 15 is 0 Å². The zero-order valence-corrected chi connectivity index (χ0v) is 21.3. The number of nitrogens with one attached hydrogen (secondary N) is 1. The molecule has 3 aromatic rings. The molecular formula is C27H28BrN3O4. The van der Waals surface area contributed by atoms with E-state index in [-0.39, 0.29) is 36.5 Å². The summed E-state index contributed by atoms with van der Waals surface area (Å²) in [7, 11) is 0.